The van der Waals surface area contributed by atoms with Gasteiger partial charge >= 0.3 is 6.09 Å². The van der Waals surface area contributed by atoms with Crippen molar-refractivity contribution in [3.63, 3.8) is 0 Å². The average Bonchev–Trinajstić information content (AvgIpc) is 3.17. The van der Waals surface area contributed by atoms with Crippen molar-refractivity contribution in [2.24, 2.45) is 0 Å². The molecule has 3 aromatic rings. The van der Waals surface area contributed by atoms with Gasteiger partial charge in [0, 0.05) is 12.1 Å². The fourth-order valence-corrected chi connectivity index (χ4v) is 4.29. The number of carbonyl (C=O) groups excluding carboxylic acids is 1. The summed E-state index contributed by atoms with van der Waals surface area (Å²) in [6, 6.07) is 19.6. The number of ether oxygens (including phenoxy) is 5. The largest absolute Gasteiger partial charge is 0.497 e. The minimum Gasteiger partial charge on any atom is -0.497 e. The summed E-state index contributed by atoms with van der Waals surface area (Å²) in [4.78, 5) is 14.4. The first-order valence-electron chi connectivity index (χ1n) is 11.1. The Hall–Kier alpha value is -3.91. The molecule has 1 fully saturated rings. The maximum absolute atomic E-state index is 13.1. The molecule has 0 saturated carbocycles. The number of aliphatic hydroxyl groups is 1. The predicted octanol–water partition coefficient (Wildman–Crippen LogP) is 4.30. The van der Waals surface area contributed by atoms with Crippen LogP contribution in [0.1, 0.15) is 22.8 Å². The van der Waals surface area contributed by atoms with Crippen LogP contribution in [0.25, 0.3) is 0 Å². The van der Waals surface area contributed by atoms with Crippen LogP contribution in [-0.2, 0) is 16.9 Å². The van der Waals surface area contributed by atoms with Crippen LogP contribution in [0.2, 0.25) is 0 Å². The van der Waals surface area contributed by atoms with Gasteiger partial charge in [0.2, 0.25) is 5.72 Å². The molecule has 1 N–H and O–H groups in total. The quantitative estimate of drug-likeness (QED) is 0.490. The van der Waals surface area contributed by atoms with Gasteiger partial charge in [-0.15, -0.1) is 0 Å². The summed E-state index contributed by atoms with van der Waals surface area (Å²) in [5.41, 5.74) is 0.331. The van der Waals surface area contributed by atoms with Gasteiger partial charge in [0.25, 0.3) is 0 Å². The number of benzene rings is 3. The summed E-state index contributed by atoms with van der Waals surface area (Å²) in [6.07, 6.45) is -1.09. The maximum atomic E-state index is 13.1. The van der Waals surface area contributed by atoms with Gasteiger partial charge in [0.05, 0.1) is 28.4 Å². The number of hydrogen-bond donors (Lipinski definition) is 1. The second-order valence-corrected chi connectivity index (χ2v) is 8.08. The number of rotatable bonds is 9. The van der Waals surface area contributed by atoms with E-state index in [2.05, 4.69) is 0 Å². The lowest BCUT2D eigenvalue weighted by atomic mass is 9.91. The fourth-order valence-electron chi connectivity index (χ4n) is 4.29. The first-order chi connectivity index (χ1) is 16.9. The molecule has 1 amide bonds. The molecule has 0 unspecified atom stereocenters. The molecular weight excluding hydrogens is 450 g/mol. The Labute approximate surface area is 204 Å². The zero-order valence-electron chi connectivity index (χ0n) is 20.2. The van der Waals surface area contributed by atoms with Gasteiger partial charge in [-0.3, -0.25) is 4.90 Å². The summed E-state index contributed by atoms with van der Waals surface area (Å²) < 4.78 is 27.0. The minimum absolute atomic E-state index is 0.212. The van der Waals surface area contributed by atoms with E-state index in [9.17, 15) is 9.90 Å². The molecule has 3 aromatic carbocycles. The molecule has 0 radical (unpaired) electrons. The van der Waals surface area contributed by atoms with Crippen molar-refractivity contribution in [1.29, 1.82) is 0 Å². The number of carbonyl (C=O) groups is 1. The third-order valence-corrected chi connectivity index (χ3v) is 6.22. The van der Waals surface area contributed by atoms with Crippen molar-refractivity contribution in [3.05, 3.63) is 83.4 Å². The van der Waals surface area contributed by atoms with E-state index < -0.39 is 17.9 Å². The molecule has 184 valence electrons. The second-order valence-electron chi connectivity index (χ2n) is 8.08. The SMILES string of the molecule is COc1ccc([C@H]2OC(=O)N(CCc3ccc(OC)c(OC)c3)[C@]2(O)c2ccc(OC)cc2)cc1. The number of hydrogen-bond acceptors (Lipinski definition) is 7. The molecule has 8 nitrogen and oxygen atoms in total. The zero-order chi connectivity index (χ0) is 25.0. The highest BCUT2D eigenvalue weighted by Gasteiger charge is 2.55. The number of nitrogens with zero attached hydrogens (tertiary/aromatic N) is 1. The fraction of sp³-hybridized carbons (Fsp3) is 0.296. The van der Waals surface area contributed by atoms with Crippen molar-refractivity contribution in [1.82, 2.24) is 4.90 Å². The summed E-state index contributed by atoms with van der Waals surface area (Å²) in [5, 5.41) is 12.1. The van der Waals surface area contributed by atoms with Gasteiger partial charge in [-0.05, 0) is 53.9 Å². The Morgan fingerprint density at radius 3 is 2.00 bits per heavy atom. The Morgan fingerprint density at radius 2 is 1.43 bits per heavy atom. The van der Waals surface area contributed by atoms with Crippen LogP contribution in [0.3, 0.4) is 0 Å². The van der Waals surface area contributed by atoms with Crippen molar-refractivity contribution in [3.8, 4) is 23.0 Å². The normalized spacial score (nSPS) is 19.3. The maximum Gasteiger partial charge on any atom is 0.413 e. The summed E-state index contributed by atoms with van der Waals surface area (Å²) in [7, 11) is 6.29. The van der Waals surface area contributed by atoms with Gasteiger partial charge in [0.1, 0.15) is 11.5 Å². The van der Waals surface area contributed by atoms with Gasteiger partial charge in [0.15, 0.2) is 17.6 Å². The Morgan fingerprint density at radius 1 is 0.829 bits per heavy atom. The first-order valence-corrected chi connectivity index (χ1v) is 11.1. The van der Waals surface area contributed by atoms with Crippen LogP contribution < -0.4 is 18.9 Å². The van der Waals surface area contributed by atoms with E-state index in [1.54, 1.807) is 77.0 Å². The van der Waals surface area contributed by atoms with Gasteiger partial charge in [-0.2, -0.15) is 0 Å². The summed E-state index contributed by atoms with van der Waals surface area (Å²) >= 11 is 0. The predicted molar refractivity (Wildman–Crippen MR) is 129 cm³/mol. The molecule has 1 aliphatic rings. The summed E-state index contributed by atoms with van der Waals surface area (Å²) in [6.45, 7) is 0.212. The first kappa shape index (κ1) is 24.2. The van der Waals surface area contributed by atoms with Gasteiger partial charge in [-0.25, -0.2) is 4.79 Å². The van der Waals surface area contributed by atoms with E-state index in [-0.39, 0.29) is 6.54 Å². The molecular formula is C27H29NO7. The molecule has 35 heavy (non-hydrogen) atoms. The number of methoxy groups -OCH3 is 4. The van der Waals surface area contributed by atoms with Crippen LogP contribution in [0.5, 0.6) is 23.0 Å². The Balaban J connectivity index is 1.69. The highest BCUT2D eigenvalue weighted by atomic mass is 16.6. The molecule has 0 aliphatic carbocycles. The lowest BCUT2D eigenvalue weighted by Gasteiger charge is -2.35. The average molecular weight is 480 g/mol. The molecule has 0 aromatic heterocycles. The minimum atomic E-state index is -1.74. The van der Waals surface area contributed by atoms with E-state index in [0.717, 1.165) is 5.56 Å². The standard InChI is InChI=1S/C27H29NO7/c1-31-21-10-6-19(7-11-21)25-27(30,20-8-12-22(32-2)13-9-20)28(26(29)35-25)16-15-18-5-14-23(33-3)24(17-18)34-4/h5-14,17,25,30H,15-16H2,1-4H3/t25-,27+/m1/s1. The zero-order valence-corrected chi connectivity index (χ0v) is 20.2. The van der Waals surface area contributed by atoms with Crippen LogP contribution >= 0.6 is 0 Å². The summed E-state index contributed by atoms with van der Waals surface area (Å²) in [5.74, 6) is 2.51. The second kappa shape index (κ2) is 10.1. The van der Waals surface area contributed by atoms with E-state index in [1.165, 1.54) is 4.90 Å². The van der Waals surface area contributed by atoms with E-state index >= 15 is 0 Å². The highest BCUT2D eigenvalue weighted by Crippen LogP contribution is 2.47. The molecule has 8 heteroatoms. The van der Waals surface area contributed by atoms with E-state index in [4.69, 9.17) is 23.7 Å². The molecule has 2 atom stereocenters. The highest BCUT2D eigenvalue weighted by molar-refractivity contribution is 5.72. The molecule has 4 rings (SSSR count). The molecule has 0 spiro atoms. The molecule has 1 aliphatic heterocycles. The number of amides is 1. The molecule has 0 bridgehead atoms. The lowest BCUT2D eigenvalue weighted by molar-refractivity contribution is -0.109. The van der Waals surface area contributed by atoms with Crippen molar-refractivity contribution in [2.45, 2.75) is 18.2 Å². The van der Waals surface area contributed by atoms with Crippen LogP contribution in [0, 0.1) is 0 Å². The molecule has 1 saturated heterocycles. The van der Waals surface area contributed by atoms with Gasteiger partial charge < -0.3 is 28.8 Å². The van der Waals surface area contributed by atoms with E-state index in [1.807, 2.05) is 18.2 Å². The van der Waals surface area contributed by atoms with Crippen molar-refractivity contribution < 1.29 is 33.6 Å². The third-order valence-electron chi connectivity index (χ3n) is 6.22. The number of cyclic esters (lactones) is 1. The van der Waals surface area contributed by atoms with Crippen LogP contribution in [0.4, 0.5) is 4.79 Å². The Bertz CT molecular complexity index is 1160. The van der Waals surface area contributed by atoms with Crippen molar-refractivity contribution in [2.75, 3.05) is 35.0 Å². The van der Waals surface area contributed by atoms with E-state index in [0.29, 0.717) is 40.5 Å². The topological polar surface area (TPSA) is 86.7 Å². The van der Waals surface area contributed by atoms with Crippen LogP contribution in [-0.4, -0.2) is 51.1 Å². The third kappa shape index (κ3) is 4.57. The monoisotopic (exact) mass is 479 g/mol. The lowest BCUT2D eigenvalue weighted by Crippen LogP contribution is -2.46. The Kier molecular flexibility index (Phi) is 7.02. The van der Waals surface area contributed by atoms with Crippen LogP contribution in [0.15, 0.2) is 66.7 Å². The smallest absolute Gasteiger partial charge is 0.413 e. The van der Waals surface area contributed by atoms with Gasteiger partial charge in [-0.1, -0.05) is 30.3 Å². The molecule has 1 heterocycles. The van der Waals surface area contributed by atoms with Crippen molar-refractivity contribution >= 4 is 6.09 Å².